The highest BCUT2D eigenvalue weighted by Crippen LogP contribution is 2.22. The van der Waals surface area contributed by atoms with Gasteiger partial charge in [0.05, 0.1) is 6.04 Å². The molecule has 0 aromatic rings. The summed E-state index contributed by atoms with van der Waals surface area (Å²) in [5, 5.41) is 2.78. The van der Waals surface area contributed by atoms with Crippen LogP contribution in [0.25, 0.3) is 0 Å². The number of rotatable bonds is 5. The average molecular weight is 239 g/mol. The van der Waals surface area contributed by atoms with E-state index in [1.54, 1.807) is 0 Å². The lowest BCUT2D eigenvalue weighted by molar-refractivity contribution is -0.129. The lowest BCUT2D eigenvalue weighted by Crippen LogP contribution is -2.43. The first kappa shape index (κ1) is 14.2. The van der Waals surface area contributed by atoms with Crippen molar-refractivity contribution < 1.29 is 9.59 Å². The molecule has 0 radical (unpaired) electrons. The molecule has 0 spiro atoms. The van der Waals surface area contributed by atoms with Crippen LogP contribution in [0.4, 0.5) is 0 Å². The minimum atomic E-state index is -0.203. The molecule has 1 aliphatic rings. The summed E-state index contributed by atoms with van der Waals surface area (Å²) in [5.41, 5.74) is 0.349. The molecule has 0 aliphatic carbocycles. The van der Waals surface area contributed by atoms with Gasteiger partial charge in [-0.2, -0.15) is 0 Å². The molecule has 3 heteroatoms. The molecule has 1 heterocycles. The second-order valence-electron chi connectivity index (χ2n) is 6.25. The number of ketones is 1. The molecule has 3 nitrogen and oxygen atoms in total. The Kier molecular flexibility index (Phi) is 5.16. The van der Waals surface area contributed by atoms with Gasteiger partial charge in [0.1, 0.15) is 0 Å². The van der Waals surface area contributed by atoms with Crippen molar-refractivity contribution in [2.45, 2.75) is 71.8 Å². The van der Waals surface area contributed by atoms with E-state index in [4.69, 9.17) is 0 Å². The van der Waals surface area contributed by atoms with E-state index in [2.05, 4.69) is 26.1 Å². The summed E-state index contributed by atoms with van der Waals surface area (Å²) in [6.07, 6.45) is 6.05. The van der Waals surface area contributed by atoms with Crippen LogP contribution in [0.5, 0.6) is 0 Å². The summed E-state index contributed by atoms with van der Waals surface area (Å²) in [7, 11) is 0. The predicted molar refractivity (Wildman–Crippen MR) is 68.7 cm³/mol. The van der Waals surface area contributed by atoms with E-state index in [0.29, 0.717) is 18.3 Å². The lowest BCUT2D eigenvalue weighted by atomic mass is 9.89. The van der Waals surface area contributed by atoms with Gasteiger partial charge in [-0.3, -0.25) is 9.59 Å². The Balaban J connectivity index is 2.18. The van der Waals surface area contributed by atoms with Crippen LogP contribution < -0.4 is 5.32 Å². The van der Waals surface area contributed by atoms with Crippen molar-refractivity contribution in [1.29, 1.82) is 0 Å². The van der Waals surface area contributed by atoms with E-state index >= 15 is 0 Å². The minimum Gasteiger partial charge on any atom is -0.346 e. The fourth-order valence-corrected chi connectivity index (χ4v) is 2.18. The van der Waals surface area contributed by atoms with Crippen LogP contribution in [0.1, 0.15) is 65.7 Å². The Morgan fingerprint density at radius 2 is 2.06 bits per heavy atom. The normalized spacial score (nSPS) is 21.1. The molecule has 0 bridgehead atoms. The van der Waals surface area contributed by atoms with Gasteiger partial charge in [-0.15, -0.1) is 0 Å². The molecule has 1 saturated heterocycles. The van der Waals surface area contributed by atoms with Crippen LogP contribution in [0.3, 0.4) is 0 Å². The van der Waals surface area contributed by atoms with E-state index < -0.39 is 0 Å². The van der Waals surface area contributed by atoms with Crippen molar-refractivity contribution in [1.82, 2.24) is 5.32 Å². The van der Waals surface area contributed by atoms with Gasteiger partial charge in [0.2, 0.25) is 5.91 Å². The van der Waals surface area contributed by atoms with E-state index in [1.807, 2.05) is 0 Å². The zero-order valence-corrected chi connectivity index (χ0v) is 11.3. The molecule has 98 valence electrons. The summed E-state index contributed by atoms with van der Waals surface area (Å²) in [5.74, 6) is 0.247. The first-order valence-corrected chi connectivity index (χ1v) is 6.70. The van der Waals surface area contributed by atoms with Gasteiger partial charge in [-0.05, 0) is 31.1 Å². The Hall–Kier alpha value is -0.860. The van der Waals surface area contributed by atoms with Crippen molar-refractivity contribution in [2.75, 3.05) is 0 Å². The number of piperidine rings is 1. The summed E-state index contributed by atoms with van der Waals surface area (Å²) in [6, 6.07) is -0.203. The van der Waals surface area contributed by atoms with Gasteiger partial charge >= 0.3 is 0 Å². The van der Waals surface area contributed by atoms with Gasteiger partial charge in [0.15, 0.2) is 5.78 Å². The maximum Gasteiger partial charge on any atom is 0.220 e. The number of nitrogens with one attached hydrogen (secondary N) is 1. The number of Topliss-reactive ketones (excluding diaryl/α,β-unsaturated/α-hetero) is 1. The second-order valence-corrected chi connectivity index (χ2v) is 6.25. The highest BCUT2D eigenvalue weighted by Gasteiger charge is 2.23. The van der Waals surface area contributed by atoms with Crippen LogP contribution in [0.2, 0.25) is 0 Å². The van der Waals surface area contributed by atoms with E-state index in [9.17, 15) is 9.59 Å². The molecular weight excluding hydrogens is 214 g/mol. The van der Waals surface area contributed by atoms with Crippen molar-refractivity contribution >= 4 is 11.7 Å². The highest BCUT2D eigenvalue weighted by atomic mass is 16.2. The molecule has 1 aliphatic heterocycles. The van der Waals surface area contributed by atoms with Crippen LogP contribution in [0.15, 0.2) is 0 Å². The first-order valence-electron chi connectivity index (χ1n) is 6.70. The minimum absolute atomic E-state index is 0.0318. The van der Waals surface area contributed by atoms with Crippen molar-refractivity contribution in [3.8, 4) is 0 Å². The number of carbonyl (C=O) groups excluding carboxylic acids is 2. The fourth-order valence-electron chi connectivity index (χ4n) is 2.18. The molecule has 1 N–H and O–H groups in total. The molecule has 1 unspecified atom stereocenters. The number of unbranched alkanes of at least 4 members (excludes halogenated alkanes) is 1. The molecule has 1 rings (SSSR count). The van der Waals surface area contributed by atoms with Crippen LogP contribution in [0, 0.1) is 5.41 Å². The summed E-state index contributed by atoms with van der Waals surface area (Å²) >= 11 is 0. The fraction of sp³-hybridized carbons (Fsp3) is 0.857. The van der Waals surface area contributed by atoms with Crippen molar-refractivity contribution in [2.24, 2.45) is 5.41 Å². The molecule has 0 aromatic heterocycles. The van der Waals surface area contributed by atoms with Gasteiger partial charge < -0.3 is 5.32 Å². The maximum absolute atomic E-state index is 11.9. The molecular formula is C14H25NO2. The standard InChI is InChI=1S/C14H25NO2/c1-14(2,3)10-5-4-8-12(16)11-7-6-9-13(17)15-11/h11H,4-10H2,1-3H3,(H,15,17). The largest absolute Gasteiger partial charge is 0.346 e. The molecule has 1 amide bonds. The Bertz CT molecular complexity index is 278. The zero-order chi connectivity index (χ0) is 12.9. The molecule has 0 aromatic carbocycles. The number of hydrogen-bond donors (Lipinski definition) is 1. The third-order valence-electron chi connectivity index (χ3n) is 3.22. The maximum atomic E-state index is 11.9. The van der Waals surface area contributed by atoms with Gasteiger partial charge in [-0.1, -0.05) is 27.2 Å². The lowest BCUT2D eigenvalue weighted by Gasteiger charge is -2.22. The molecule has 1 fully saturated rings. The van der Waals surface area contributed by atoms with E-state index in [-0.39, 0.29) is 17.7 Å². The number of carbonyl (C=O) groups is 2. The molecule has 0 saturated carbocycles. The summed E-state index contributed by atoms with van der Waals surface area (Å²) < 4.78 is 0. The molecule has 1 atom stereocenters. The van der Waals surface area contributed by atoms with Crippen LogP contribution in [-0.4, -0.2) is 17.7 Å². The highest BCUT2D eigenvalue weighted by molar-refractivity contribution is 5.89. The van der Waals surface area contributed by atoms with Gasteiger partial charge in [0, 0.05) is 12.8 Å². The van der Waals surface area contributed by atoms with Gasteiger partial charge in [-0.25, -0.2) is 0 Å². The summed E-state index contributed by atoms with van der Waals surface area (Å²) in [6.45, 7) is 6.66. The average Bonchev–Trinajstić information content (AvgIpc) is 2.23. The summed E-state index contributed by atoms with van der Waals surface area (Å²) in [4.78, 5) is 23.0. The first-order chi connectivity index (χ1) is 7.88. The smallest absolute Gasteiger partial charge is 0.220 e. The number of hydrogen-bond acceptors (Lipinski definition) is 2. The van der Waals surface area contributed by atoms with Crippen LogP contribution >= 0.6 is 0 Å². The third-order valence-corrected chi connectivity index (χ3v) is 3.22. The zero-order valence-electron chi connectivity index (χ0n) is 11.3. The van der Waals surface area contributed by atoms with E-state index in [0.717, 1.165) is 32.1 Å². The Labute approximate surface area is 104 Å². The number of amides is 1. The van der Waals surface area contributed by atoms with E-state index in [1.165, 1.54) is 0 Å². The monoisotopic (exact) mass is 239 g/mol. The third kappa shape index (κ3) is 5.85. The quantitative estimate of drug-likeness (QED) is 0.750. The van der Waals surface area contributed by atoms with Crippen LogP contribution in [-0.2, 0) is 9.59 Å². The Morgan fingerprint density at radius 1 is 1.35 bits per heavy atom. The SMILES string of the molecule is CC(C)(C)CCCCC(=O)C1CCCC(=O)N1. The second kappa shape index (κ2) is 6.18. The topological polar surface area (TPSA) is 46.2 Å². The Morgan fingerprint density at radius 3 is 2.65 bits per heavy atom. The van der Waals surface area contributed by atoms with Gasteiger partial charge in [0.25, 0.3) is 0 Å². The predicted octanol–water partition coefficient (Wildman–Crippen LogP) is 2.83. The van der Waals surface area contributed by atoms with Crippen molar-refractivity contribution in [3.63, 3.8) is 0 Å². The molecule has 17 heavy (non-hydrogen) atoms. The van der Waals surface area contributed by atoms with Crippen molar-refractivity contribution in [3.05, 3.63) is 0 Å².